The molecule has 6 heteroatoms. The Morgan fingerprint density at radius 1 is 1.03 bits per heavy atom. The minimum absolute atomic E-state index is 0.821. The molecule has 0 aliphatic carbocycles. The van der Waals surface area contributed by atoms with E-state index in [1.807, 2.05) is 61.8 Å². The molecule has 6 nitrogen and oxygen atoms in total. The van der Waals surface area contributed by atoms with Crippen molar-refractivity contribution in [2.24, 2.45) is 0 Å². The maximum Gasteiger partial charge on any atom is 0.116 e. The number of nitrogens with zero attached hydrogens (tertiary/aromatic N) is 4. The van der Waals surface area contributed by atoms with E-state index in [2.05, 4.69) is 42.8 Å². The van der Waals surface area contributed by atoms with E-state index in [-0.39, 0.29) is 0 Å². The van der Waals surface area contributed by atoms with Crippen molar-refractivity contribution in [3.8, 4) is 22.5 Å². The van der Waals surface area contributed by atoms with Gasteiger partial charge in [-0.25, -0.2) is 0 Å². The second-order valence-corrected chi connectivity index (χ2v) is 7.14. The van der Waals surface area contributed by atoms with Crippen molar-refractivity contribution in [2.75, 3.05) is 0 Å². The molecule has 31 heavy (non-hydrogen) atoms. The van der Waals surface area contributed by atoms with Gasteiger partial charge in [-0.05, 0) is 54.5 Å². The molecule has 0 fully saturated rings. The zero-order valence-corrected chi connectivity index (χ0v) is 17.0. The van der Waals surface area contributed by atoms with Crippen LogP contribution < -0.4 is 10.6 Å². The lowest BCUT2D eigenvalue weighted by molar-refractivity contribution is 1.06. The molecule has 0 saturated heterocycles. The number of nitrogens with one attached hydrogen (secondary N) is 2. The Kier molecular flexibility index (Phi) is 4.72. The molecule has 5 rings (SSSR count). The van der Waals surface area contributed by atoms with E-state index in [1.165, 1.54) is 0 Å². The van der Waals surface area contributed by atoms with Gasteiger partial charge >= 0.3 is 0 Å². The second kappa shape index (κ2) is 7.84. The molecule has 0 radical (unpaired) electrons. The van der Waals surface area contributed by atoms with E-state index >= 15 is 0 Å². The van der Waals surface area contributed by atoms with Gasteiger partial charge in [0.15, 0.2) is 0 Å². The number of allylic oxidation sites excluding steroid dienone is 1. The van der Waals surface area contributed by atoms with Crippen LogP contribution in [0.15, 0.2) is 74.0 Å². The Balaban J connectivity index is 1.68. The number of aromatic amines is 2. The van der Waals surface area contributed by atoms with Gasteiger partial charge in [0.05, 0.1) is 28.5 Å². The molecule has 0 spiro atoms. The van der Waals surface area contributed by atoms with E-state index in [9.17, 15) is 0 Å². The molecule has 0 amide bonds. The van der Waals surface area contributed by atoms with E-state index in [0.717, 1.165) is 55.3 Å². The lowest BCUT2D eigenvalue weighted by atomic mass is 10.1. The first-order valence-corrected chi connectivity index (χ1v) is 9.95. The van der Waals surface area contributed by atoms with Crippen molar-refractivity contribution in [3.05, 3.63) is 90.2 Å². The van der Waals surface area contributed by atoms with Crippen LogP contribution in [0.4, 0.5) is 0 Å². The van der Waals surface area contributed by atoms with Gasteiger partial charge in [0, 0.05) is 41.0 Å². The van der Waals surface area contributed by atoms with Crippen molar-refractivity contribution in [2.45, 2.75) is 6.92 Å². The van der Waals surface area contributed by atoms with E-state index < -0.39 is 0 Å². The SMILES string of the molecule is C=C(/C=c1/c(-c2cc3c(-c4ccncc4)cncc3[nH]2)n[nH]/c1=C/C)c1ccccn1. The maximum absolute atomic E-state index is 4.59. The molecular formula is C25H20N6. The summed E-state index contributed by atoms with van der Waals surface area (Å²) in [6.07, 6.45) is 13.1. The summed E-state index contributed by atoms with van der Waals surface area (Å²) in [7, 11) is 0. The summed E-state index contributed by atoms with van der Waals surface area (Å²) in [5.74, 6) is 0. The molecule has 2 N–H and O–H groups in total. The van der Waals surface area contributed by atoms with Crippen LogP contribution in [0.1, 0.15) is 12.6 Å². The molecule has 0 bridgehead atoms. The number of fused-ring (bicyclic) bond motifs is 1. The van der Waals surface area contributed by atoms with Gasteiger partial charge in [-0.2, -0.15) is 5.10 Å². The fraction of sp³-hybridized carbons (Fsp3) is 0.0400. The summed E-state index contributed by atoms with van der Waals surface area (Å²) in [6.45, 7) is 6.19. The number of H-pyrrole nitrogens is 2. The van der Waals surface area contributed by atoms with Crippen LogP contribution in [-0.4, -0.2) is 30.1 Å². The molecule has 0 saturated carbocycles. The molecule has 5 aromatic rings. The van der Waals surface area contributed by atoms with Crippen LogP contribution in [0.25, 0.3) is 51.1 Å². The summed E-state index contributed by atoms with van der Waals surface area (Å²) >= 11 is 0. The van der Waals surface area contributed by atoms with Gasteiger partial charge in [-0.1, -0.05) is 18.7 Å². The summed E-state index contributed by atoms with van der Waals surface area (Å²) in [5, 5.41) is 10.7. The van der Waals surface area contributed by atoms with Gasteiger partial charge in [-0.15, -0.1) is 0 Å². The molecule has 0 aliphatic rings. The van der Waals surface area contributed by atoms with E-state index in [0.29, 0.717) is 0 Å². The monoisotopic (exact) mass is 404 g/mol. The summed E-state index contributed by atoms with van der Waals surface area (Å²) in [4.78, 5) is 16.4. The Morgan fingerprint density at radius 2 is 1.90 bits per heavy atom. The van der Waals surface area contributed by atoms with Crippen molar-refractivity contribution in [3.63, 3.8) is 0 Å². The molecule has 0 unspecified atom stereocenters. The molecular weight excluding hydrogens is 384 g/mol. The number of hydrogen-bond donors (Lipinski definition) is 2. The first-order valence-electron chi connectivity index (χ1n) is 9.95. The third-order valence-electron chi connectivity index (χ3n) is 5.23. The molecule has 0 aliphatic heterocycles. The quantitative estimate of drug-likeness (QED) is 0.478. The standard InChI is InChI=1S/C25H20N6/c1-3-21-19(12-16(2)22-6-4-5-9-28-22)25(31-30-21)23-13-18-20(14-27-15-24(18)29-23)17-7-10-26-11-8-17/h3-15,29-30H,2H2,1H3/b19-12+,21-3+. The average molecular weight is 404 g/mol. The average Bonchev–Trinajstić information content (AvgIpc) is 3.43. The lowest BCUT2D eigenvalue weighted by Crippen LogP contribution is -2.23. The van der Waals surface area contributed by atoms with Gasteiger partial charge < -0.3 is 4.98 Å². The van der Waals surface area contributed by atoms with Crippen LogP contribution in [-0.2, 0) is 0 Å². The Morgan fingerprint density at radius 3 is 2.68 bits per heavy atom. The third-order valence-corrected chi connectivity index (χ3v) is 5.23. The van der Waals surface area contributed by atoms with Crippen LogP contribution in [0.5, 0.6) is 0 Å². The smallest absolute Gasteiger partial charge is 0.116 e. The van der Waals surface area contributed by atoms with Crippen LogP contribution in [0, 0.1) is 0 Å². The predicted molar refractivity (Wildman–Crippen MR) is 124 cm³/mol. The topological polar surface area (TPSA) is 83.1 Å². The predicted octanol–water partition coefficient (Wildman–Crippen LogP) is 3.70. The highest BCUT2D eigenvalue weighted by Gasteiger charge is 2.13. The Bertz CT molecular complexity index is 1490. The summed E-state index contributed by atoms with van der Waals surface area (Å²) in [6, 6.07) is 11.9. The highest BCUT2D eigenvalue weighted by atomic mass is 15.1. The highest BCUT2D eigenvalue weighted by Crippen LogP contribution is 2.30. The van der Waals surface area contributed by atoms with Crippen LogP contribution in [0.3, 0.4) is 0 Å². The molecule has 0 aromatic carbocycles. The number of aromatic nitrogens is 6. The van der Waals surface area contributed by atoms with Crippen LogP contribution in [0.2, 0.25) is 0 Å². The zero-order valence-electron chi connectivity index (χ0n) is 17.0. The largest absolute Gasteiger partial charge is 0.352 e. The van der Waals surface area contributed by atoms with Crippen LogP contribution >= 0.6 is 0 Å². The van der Waals surface area contributed by atoms with E-state index in [4.69, 9.17) is 0 Å². The normalized spacial score (nSPS) is 12.5. The molecule has 5 heterocycles. The minimum Gasteiger partial charge on any atom is -0.352 e. The Hall–Kier alpha value is -4.32. The molecule has 0 atom stereocenters. The van der Waals surface area contributed by atoms with Crippen molar-refractivity contribution >= 4 is 28.6 Å². The fourth-order valence-corrected chi connectivity index (χ4v) is 3.68. The third kappa shape index (κ3) is 3.44. The maximum atomic E-state index is 4.59. The zero-order chi connectivity index (χ0) is 21.2. The second-order valence-electron chi connectivity index (χ2n) is 7.14. The summed E-state index contributed by atoms with van der Waals surface area (Å²) < 4.78 is 0. The first-order chi connectivity index (χ1) is 15.2. The molecule has 5 aromatic heterocycles. The lowest BCUT2D eigenvalue weighted by Gasteiger charge is -2.01. The van der Waals surface area contributed by atoms with E-state index in [1.54, 1.807) is 18.6 Å². The summed E-state index contributed by atoms with van der Waals surface area (Å²) in [5.41, 5.74) is 6.44. The number of pyridine rings is 3. The van der Waals surface area contributed by atoms with Crippen molar-refractivity contribution in [1.82, 2.24) is 30.1 Å². The Labute approximate surface area is 178 Å². The first kappa shape index (κ1) is 18.7. The van der Waals surface area contributed by atoms with Gasteiger partial charge in [0.1, 0.15) is 5.69 Å². The molecule has 150 valence electrons. The highest BCUT2D eigenvalue weighted by molar-refractivity contribution is 5.97. The number of rotatable bonds is 4. The van der Waals surface area contributed by atoms with Crippen molar-refractivity contribution < 1.29 is 0 Å². The van der Waals surface area contributed by atoms with Gasteiger partial charge in [0.2, 0.25) is 0 Å². The number of hydrogen-bond acceptors (Lipinski definition) is 4. The minimum atomic E-state index is 0.821. The van der Waals surface area contributed by atoms with Gasteiger partial charge in [0.25, 0.3) is 0 Å². The van der Waals surface area contributed by atoms with Crippen molar-refractivity contribution in [1.29, 1.82) is 0 Å². The fourth-order valence-electron chi connectivity index (χ4n) is 3.68. The van der Waals surface area contributed by atoms with Gasteiger partial charge in [-0.3, -0.25) is 20.1 Å².